The summed E-state index contributed by atoms with van der Waals surface area (Å²) in [4.78, 5) is 36.5. The SMILES string of the molecule is CSCC[C@@H](NC(=O)N1CC(=O)Nc2ccccc21)C(=O)O. The van der Waals surface area contributed by atoms with Gasteiger partial charge >= 0.3 is 12.0 Å². The molecule has 0 saturated carbocycles. The molecule has 1 aliphatic heterocycles. The molecule has 3 amide bonds. The van der Waals surface area contributed by atoms with Gasteiger partial charge in [0.15, 0.2) is 0 Å². The van der Waals surface area contributed by atoms with Gasteiger partial charge in [-0.2, -0.15) is 11.8 Å². The number of carboxylic acid groups (broad SMARTS) is 1. The van der Waals surface area contributed by atoms with Crippen LogP contribution in [0, 0.1) is 0 Å². The number of aliphatic carboxylic acids is 1. The Balaban J connectivity index is 2.15. The van der Waals surface area contributed by atoms with Crippen molar-refractivity contribution in [2.24, 2.45) is 0 Å². The van der Waals surface area contributed by atoms with Crippen LogP contribution in [-0.2, 0) is 9.59 Å². The van der Waals surface area contributed by atoms with Crippen LogP contribution in [0.3, 0.4) is 0 Å². The Hall–Kier alpha value is -2.22. The highest BCUT2D eigenvalue weighted by Gasteiger charge is 2.29. The second kappa shape index (κ2) is 7.17. The first kappa shape index (κ1) is 16.2. The van der Waals surface area contributed by atoms with Crippen LogP contribution in [0.2, 0.25) is 0 Å². The summed E-state index contributed by atoms with van der Waals surface area (Å²) in [7, 11) is 0. The van der Waals surface area contributed by atoms with Gasteiger partial charge in [0, 0.05) is 0 Å². The normalized spacial score (nSPS) is 14.8. The summed E-state index contributed by atoms with van der Waals surface area (Å²) >= 11 is 1.51. The average Bonchev–Trinajstić information content (AvgIpc) is 2.49. The smallest absolute Gasteiger partial charge is 0.326 e. The lowest BCUT2D eigenvalue weighted by Gasteiger charge is -2.30. The van der Waals surface area contributed by atoms with Crippen LogP contribution in [0.15, 0.2) is 24.3 Å². The van der Waals surface area contributed by atoms with Crippen molar-refractivity contribution in [2.45, 2.75) is 12.5 Å². The lowest BCUT2D eigenvalue weighted by atomic mass is 10.2. The zero-order valence-corrected chi connectivity index (χ0v) is 12.9. The number of hydrogen-bond donors (Lipinski definition) is 3. The highest BCUT2D eigenvalue weighted by atomic mass is 32.2. The van der Waals surface area contributed by atoms with Crippen LogP contribution < -0.4 is 15.5 Å². The zero-order valence-electron chi connectivity index (χ0n) is 12.0. The summed E-state index contributed by atoms with van der Waals surface area (Å²) in [6.07, 6.45) is 2.19. The predicted octanol–water partition coefficient (Wildman–Crippen LogP) is 1.36. The Kier molecular flexibility index (Phi) is 5.26. The van der Waals surface area contributed by atoms with Crippen LogP contribution in [0.25, 0.3) is 0 Å². The van der Waals surface area contributed by atoms with Gasteiger partial charge in [-0.25, -0.2) is 9.59 Å². The molecule has 0 aromatic heterocycles. The second-order valence-corrected chi connectivity index (χ2v) is 5.76. The number of anilines is 2. The average molecular weight is 323 g/mol. The van der Waals surface area contributed by atoms with Crippen molar-refractivity contribution in [3.8, 4) is 0 Å². The van der Waals surface area contributed by atoms with Crippen LogP contribution >= 0.6 is 11.8 Å². The zero-order chi connectivity index (χ0) is 16.1. The molecule has 0 spiro atoms. The first-order valence-corrected chi connectivity index (χ1v) is 8.11. The molecule has 1 aromatic carbocycles. The van der Waals surface area contributed by atoms with E-state index in [2.05, 4.69) is 10.6 Å². The molecular weight excluding hydrogens is 306 g/mol. The summed E-state index contributed by atoms with van der Waals surface area (Å²) in [5.74, 6) is -0.782. The van der Waals surface area contributed by atoms with Gasteiger partial charge in [0.05, 0.1) is 11.4 Å². The molecule has 0 unspecified atom stereocenters. The summed E-state index contributed by atoms with van der Waals surface area (Å²) < 4.78 is 0. The van der Waals surface area contributed by atoms with Crippen molar-refractivity contribution < 1.29 is 19.5 Å². The van der Waals surface area contributed by atoms with E-state index >= 15 is 0 Å². The molecular formula is C14H17N3O4S. The predicted molar refractivity (Wildman–Crippen MR) is 85.4 cm³/mol. The quantitative estimate of drug-likeness (QED) is 0.760. The maximum Gasteiger partial charge on any atom is 0.326 e. The summed E-state index contributed by atoms with van der Waals surface area (Å²) in [5.41, 5.74) is 1.08. The molecule has 0 fully saturated rings. The molecule has 0 bridgehead atoms. The largest absolute Gasteiger partial charge is 0.480 e. The van der Waals surface area contributed by atoms with Crippen molar-refractivity contribution >= 4 is 41.0 Å². The monoisotopic (exact) mass is 323 g/mol. The Morgan fingerprint density at radius 3 is 2.86 bits per heavy atom. The molecule has 1 heterocycles. The molecule has 1 aliphatic rings. The number of thioether (sulfide) groups is 1. The number of urea groups is 1. The second-order valence-electron chi connectivity index (χ2n) is 4.77. The van der Waals surface area contributed by atoms with E-state index in [1.165, 1.54) is 16.7 Å². The van der Waals surface area contributed by atoms with Gasteiger partial charge in [-0.15, -0.1) is 0 Å². The number of nitrogens with zero attached hydrogens (tertiary/aromatic N) is 1. The summed E-state index contributed by atoms with van der Waals surface area (Å²) in [6, 6.07) is 5.33. The molecule has 3 N–H and O–H groups in total. The minimum Gasteiger partial charge on any atom is -0.480 e. The number of carbonyl (C=O) groups is 3. The van der Waals surface area contributed by atoms with Gasteiger partial charge in [-0.05, 0) is 30.6 Å². The topological polar surface area (TPSA) is 98.7 Å². The van der Waals surface area contributed by atoms with E-state index in [9.17, 15) is 19.5 Å². The third kappa shape index (κ3) is 3.70. The lowest BCUT2D eigenvalue weighted by Crippen LogP contribution is -2.52. The number of nitrogens with one attached hydrogen (secondary N) is 2. The fraction of sp³-hybridized carbons (Fsp3) is 0.357. The van der Waals surface area contributed by atoms with Gasteiger partial charge in [-0.1, -0.05) is 12.1 Å². The number of hydrogen-bond acceptors (Lipinski definition) is 4. The maximum absolute atomic E-state index is 12.3. The number of fused-ring (bicyclic) bond motifs is 1. The highest BCUT2D eigenvalue weighted by molar-refractivity contribution is 7.98. The molecule has 0 radical (unpaired) electrons. The van der Waals surface area contributed by atoms with Crippen molar-refractivity contribution in [2.75, 3.05) is 28.8 Å². The highest BCUT2D eigenvalue weighted by Crippen LogP contribution is 2.28. The van der Waals surface area contributed by atoms with Gasteiger partial charge in [-0.3, -0.25) is 9.69 Å². The maximum atomic E-state index is 12.3. The number of benzene rings is 1. The van der Waals surface area contributed by atoms with E-state index in [1.807, 2.05) is 6.26 Å². The van der Waals surface area contributed by atoms with E-state index in [0.717, 1.165) is 0 Å². The van der Waals surface area contributed by atoms with Crippen molar-refractivity contribution in [3.63, 3.8) is 0 Å². The standard InChI is InChI=1S/C14H17N3O4S/c1-22-7-6-10(13(19)20)16-14(21)17-8-12(18)15-9-4-2-3-5-11(9)17/h2-5,10H,6-8H2,1H3,(H,15,18)(H,16,21)(H,19,20)/t10-/m1/s1. The van der Waals surface area contributed by atoms with E-state index in [-0.39, 0.29) is 12.5 Å². The molecule has 1 aromatic rings. The van der Waals surface area contributed by atoms with Crippen LogP contribution in [-0.4, -0.2) is 47.6 Å². The summed E-state index contributed by atoms with van der Waals surface area (Å²) in [5, 5.41) is 14.3. The Bertz CT molecular complexity index is 593. The van der Waals surface area contributed by atoms with Crippen LogP contribution in [0.4, 0.5) is 16.2 Å². The number of carbonyl (C=O) groups excluding carboxylic acids is 2. The molecule has 1 atom stereocenters. The minimum absolute atomic E-state index is 0.141. The molecule has 118 valence electrons. The molecule has 0 saturated heterocycles. The van der Waals surface area contributed by atoms with E-state index < -0.39 is 18.0 Å². The first-order valence-electron chi connectivity index (χ1n) is 6.71. The van der Waals surface area contributed by atoms with E-state index in [1.54, 1.807) is 24.3 Å². The number of para-hydroxylation sites is 2. The number of carboxylic acids is 1. The molecule has 0 aliphatic carbocycles. The van der Waals surface area contributed by atoms with Crippen molar-refractivity contribution in [3.05, 3.63) is 24.3 Å². The Morgan fingerprint density at radius 2 is 2.18 bits per heavy atom. The molecule has 8 heteroatoms. The molecule has 7 nitrogen and oxygen atoms in total. The van der Waals surface area contributed by atoms with Gasteiger partial charge in [0.2, 0.25) is 5.91 Å². The molecule has 22 heavy (non-hydrogen) atoms. The van der Waals surface area contributed by atoms with Crippen molar-refractivity contribution in [1.29, 1.82) is 0 Å². The van der Waals surface area contributed by atoms with Gasteiger partial charge in [0.1, 0.15) is 12.6 Å². The fourth-order valence-electron chi connectivity index (χ4n) is 2.13. The molecule has 2 rings (SSSR count). The van der Waals surface area contributed by atoms with Gasteiger partial charge < -0.3 is 15.7 Å². The number of rotatable bonds is 5. The Morgan fingerprint density at radius 1 is 1.45 bits per heavy atom. The summed E-state index contributed by atoms with van der Waals surface area (Å²) in [6.45, 7) is -0.141. The minimum atomic E-state index is -1.09. The van der Waals surface area contributed by atoms with Crippen LogP contribution in [0.1, 0.15) is 6.42 Å². The Labute approximate surface area is 132 Å². The first-order chi connectivity index (χ1) is 10.5. The third-order valence-electron chi connectivity index (χ3n) is 3.22. The fourth-order valence-corrected chi connectivity index (χ4v) is 2.61. The van der Waals surface area contributed by atoms with Gasteiger partial charge in [0.25, 0.3) is 0 Å². The van der Waals surface area contributed by atoms with E-state index in [0.29, 0.717) is 23.5 Å². The lowest BCUT2D eigenvalue weighted by molar-refractivity contribution is -0.139. The third-order valence-corrected chi connectivity index (χ3v) is 3.87. The van der Waals surface area contributed by atoms with Crippen LogP contribution in [0.5, 0.6) is 0 Å². The van der Waals surface area contributed by atoms with E-state index in [4.69, 9.17) is 0 Å². The van der Waals surface area contributed by atoms with Crippen molar-refractivity contribution in [1.82, 2.24) is 5.32 Å². The number of amides is 3.